The Morgan fingerprint density at radius 3 is 2.73 bits per heavy atom. The second kappa shape index (κ2) is 7.01. The minimum Gasteiger partial charge on any atom is -0.466 e. The van der Waals surface area contributed by atoms with E-state index in [0.717, 1.165) is 12.8 Å². The normalized spacial score (nSPS) is 39.4. The highest BCUT2D eigenvalue weighted by atomic mass is 16.5. The fourth-order valence-electron chi connectivity index (χ4n) is 5.84. The quantitative estimate of drug-likeness (QED) is 0.547. The van der Waals surface area contributed by atoms with Crippen LogP contribution in [0.25, 0.3) is 0 Å². The van der Waals surface area contributed by atoms with Gasteiger partial charge in [-0.05, 0) is 48.3 Å². The Kier molecular flexibility index (Phi) is 5.24. The Balaban J connectivity index is 1.85. The van der Waals surface area contributed by atoms with Gasteiger partial charge in [0.2, 0.25) is 0 Å². The van der Waals surface area contributed by atoms with Gasteiger partial charge in [0.25, 0.3) is 0 Å². The van der Waals surface area contributed by atoms with Crippen LogP contribution in [0.5, 0.6) is 0 Å². The van der Waals surface area contributed by atoms with Crippen molar-refractivity contribution in [3.05, 3.63) is 11.6 Å². The zero-order chi connectivity index (χ0) is 19.1. The number of hydrogen-bond acceptors (Lipinski definition) is 4. The molecule has 0 aromatic rings. The molecular weight excluding hydrogens is 328 g/mol. The third kappa shape index (κ3) is 3.44. The van der Waals surface area contributed by atoms with Crippen LogP contribution in [0.4, 0.5) is 0 Å². The maximum absolute atomic E-state index is 11.9. The molecule has 1 saturated heterocycles. The molecule has 0 amide bonds. The van der Waals surface area contributed by atoms with Crippen LogP contribution in [-0.2, 0) is 19.1 Å². The summed E-state index contributed by atoms with van der Waals surface area (Å²) in [5, 5.41) is 0. The van der Waals surface area contributed by atoms with E-state index >= 15 is 0 Å². The lowest BCUT2D eigenvalue weighted by Crippen LogP contribution is -2.51. The van der Waals surface area contributed by atoms with Gasteiger partial charge in [-0.25, -0.2) is 0 Å². The third-order valence-corrected chi connectivity index (χ3v) is 7.74. The topological polar surface area (TPSA) is 52.6 Å². The van der Waals surface area contributed by atoms with Crippen LogP contribution in [0.15, 0.2) is 11.6 Å². The molecule has 1 aliphatic heterocycles. The summed E-state index contributed by atoms with van der Waals surface area (Å²) >= 11 is 0. The van der Waals surface area contributed by atoms with Gasteiger partial charge in [-0.15, -0.1) is 0 Å². The number of carbonyl (C=O) groups is 2. The van der Waals surface area contributed by atoms with Gasteiger partial charge >= 0.3 is 11.9 Å². The molecule has 0 radical (unpaired) electrons. The zero-order valence-corrected chi connectivity index (χ0v) is 17.0. The predicted molar refractivity (Wildman–Crippen MR) is 100 cm³/mol. The third-order valence-electron chi connectivity index (χ3n) is 7.74. The summed E-state index contributed by atoms with van der Waals surface area (Å²) in [6.45, 7) is 11.7. The van der Waals surface area contributed by atoms with E-state index in [2.05, 4.69) is 33.8 Å². The first-order valence-electron chi connectivity index (χ1n) is 10.1. The average Bonchev–Trinajstić information content (AvgIpc) is 2.56. The van der Waals surface area contributed by atoms with E-state index in [1.165, 1.54) is 19.8 Å². The molecule has 0 aromatic heterocycles. The van der Waals surface area contributed by atoms with Crippen molar-refractivity contribution >= 4 is 11.9 Å². The summed E-state index contributed by atoms with van der Waals surface area (Å²) in [6, 6.07) is 0. The highest BCUT2D eigenvalue weighted by Gasteiger charge is 2.52. The maximum Gasteiger partial charge on any atom is 0.306 e. The smallest absolute Gasteiger partial charge is 0.306 e. The summed E-state index contributed by atoms with van der Waals surface area (Å²) in [5.74, 6) is 0.977. The van der Waals surface area contributed by atoms with Crippen LogP contribution in [0.2, 0.25) is 0 Å². The van der Waals surface area contributed by atoms with Gasteiger partial charge in [0.15, 0.2) is 0 Å². The number of rotatable bonds is 3. The minimum absolute atomic E-state index is 0.0568. The summed E-state index contributed by atoms with van der Waals surface area (Å²) < 4.78 is 10.8. The van der Waals surface area contributed by atoms with E-state index in [4.69, 9.17) is 9.47 Å². The molecule has 0 aromatic carbocycles. The van der Waals surface area contributed by atoms with Crippen LogP contribution in [0.1, 0.15) is 66.7 Å². The van der Waals surface area contributed by atoms with Crippen molar-refractivity contribution in [2.45, 2.75) is 66.7 Å². The Hall–Kier alpha value is -1.32. The largest absolute Gasteiger partial charge is 0.466 e. The zero-order valence-electron chi connectivity index (χ0n) is 17.0. The van der Waals surface area contributed by atoms with Crippen LogP contribution in [0, 0.1) is 34.5 Å². The molecular formula is C22H34O4. The van der Waals surface area contributed by atoms with E-state index in [1.807, 2.05) is 0 Å². The monoisotopic (exact) mass is 362 g/mol. The molecule has 2 aliphatic carbocycles. The van der Waals surface area contributed by atoms with E-state index in [0.29, 0.717) is 36.9 Å². The lowest BCUT2D eigenvalue weighted by molar-refractivity contribution is -0.166. The molecule has 0 spiro atoms. The number of esters is 2. The molecule has 2 fully saturated rings. The van der Waals surface area contributed by atoms with Gasteiger partial charge < -0.3 is 9.47 Å². The first kappa shape index (κ1) is 19.4. The Morgan fingerprint density at radius 2 is 2.04 bits per heavy atom. The van der Waals surface area contributed by atoms with E-state index in [-0.39, 0.29) is 29.2 Å². The van der Waals surface area contributed by atoms with Crippen LogP contribution >= 0.6 is 0 Å². The van der Waals surface area contributed by atoms with Gasteiger partial charge in [-0.1, -0.05) is 39.3 Å². The molecule has 0 unspecified atom stereocenters. The molecule has 3 rings (SSSR count). The fraction of sp³-hybridized carbons (Fsp3) is 0.818. The van der Waals surface area contributed by atoms with Crippen LogP contribution < -0.4 is 0 Å². The summed E-state index contributed by atoms with van der Waals surface area (Å²) in [4.78, 5) is 23.2. The van der Waals surface area contributed by atoms with Crippen molar-refractivity contribution in [1.29, 1.82) is 0 Å². The van der Waals surface area contributed by atoms with Gasteiger partial charge in [0, 0.05) is 18.8 Å². The van der Waals surface area contributed by atoms with Crippen molar-refractivity contribution in [2.75, 3.05) is 13.2 Å². The standard InChI is InChI=1S/C22H34O4/c1-14-17-7-6-9-21(3,4)18(17)8-10-22(14,5)19-13-26-20(24)11-16(19)12-25-15(2)23/h7,14,16,18-19H,6,8-13H2,1-5H3/t14-,16+,18-,19-,22-/m1/s1. The van der Waals surface area contributed by atoms with Crippen molar-refractivity contribution in [3.63, 3.8) is 0 Å². The van der Waals surface area contributed by atoms with Crippen molar-refractivity contribution in [3.8, 4) is 0 Å². The molecule has 4 nitrogen and oxygen atoms in total. The molecule has 26 heavy (non-hydrogen) atoms. The number of hydrogen-bond donors (Lipinski definition) is 0. The van der Waals surface area contributed by atoms with Gasteiger partial charge in [0.1, 0.15) is 0 Å². The summed E-state index contributed by atoms with van der Waals surface area (Å²) in [5.41, 5.74) is 2.05. The molecule has 3 aliphatic rings. The molecule has 1 saturated carbocycles. The maximum atomic E-state index is 11.9. The second-order valence-corrected chi connectivity index (χ2v) is 9.61. The van der Waals surface area contributed by atoms with E-state index < -0.39 is 0 Å². The van der Waals surface area contributed by atoms with E-state index in [1.54, 1.807) is 5.57 Å². The first-order chi connectivity index (χ1) is 12.1. The lowest BCUT2D eigenvalue weighted by Gasteiger charge is -2.55. The van der Waals surface area contributed by atoms with Gasteiger partial charge in [0.05, 0.1) is 19.6 Å². The molecule has 1 heterocycles. The minimum atomic E-state index is -0.277. The average molecular weight is 363 g/mol. The number of fused-ring (bicyclic) bond motifs is 1. The fourth-order valence-corrected chi connectivity index (χ4v) is 5.84. The predicted octanol–water partition coefficient (Wildman–Crippen LogP) is 4.53. The molecule has 5 atom stereocenters. The number of ether oxygens (including phenoxy) is 2. The Labute approximate surface area is 157 Å². The summed E-state index contributed by atoms with van der Waals surface area (Å²) in [7, 11) is 0. The SMILES string of the molecule is CC(=O)OC[C@@H]1CC(=O)OC[C@H]1[C@]1(C)CC[C@@H]2C(=CCCC2(C)C)[C@H]1C. The second-order valence-electron chi connectivity index (χ2n) is 9.61. The van der Waals surface area contributed by atoms with Crippen LogP contribution in [0.3, 0.4) is 0 Å². The number of cyclic esters (lactones) is 1. The lowest BCUT2D eigenvalue weighted by atomic mass is 9.50. The molecule has 0 bridgehead atoms. The van der Waals surface area contributed by atoms with Crippen LogP contribution in [-0.4, -0.2) is 25.2 Å². The molecule has 0 N–H and O–H groups in total. The highest BCUT2D eigenvalue weighted by molar-refractivity contribution is 5.70. The highest BCUT2D eigenvalue weighted by Crippen LogP contribution is 2.59. The molecule has 146 valence electrons. The summed E-state index contributed by atoms with van der Waals surface area (Å²) in [6.07, 6.45) is 7.60. The molecule has 4 heteroatoms. The van der Waals surface area contributed by atoms with Crippen molar-refractivity contribution < 1.29 is 19.1 Å². The number of allylic oxidation sites excluding steroid dienone is 2. The van der Waals surface area contributed by atoms with Crippen molar-refractivity contribution in [2.24, 2.45) is 34.5 Å². The Morgan fingerprint density at radius 1 is 1.31 bits per heavy atom. The van der Waals surface area contributed by atoms with Gasteiger partial charge in [-0.2, -0.15) is 0 Å². The first-order valence-corrected chi connectivity index (χ1v) is 10.1. The number of carbonyl (C=O) groups excluding carboxylic acids is 2. The van der Waals surface area contributed by atoms with Crippen molar-refractivity contribution in [1.82, 2.24) is 0 Å². The van der Waals surface area contributed by atoms with Gasteiger partial charge in [-0.3, -0.25) is 9.59 Å². The van der Waals surface area contributed by atoms with E-state index in [9.17, 15) is 9.59 Å². The Bertz CT molecular complexity index is 605.